The number of nitrogens with zero attached hydrogens (tertiary/aromatic N) is 2. The Morgan fingerprint density at radius 3 is 2.41 bits per heavy atom. The third-order valence-electron chi connectivity index (χ3n) is 5.84. The van der Waals surface area contributed by atoms with Crippen LogP contribution < -0.4 is 5.32 Å². The van der Waals surface area contributed by atoms with E-state index in [1.807, 2.05) is 18.2 Å². The smallest absolute Gasteiger partial charge is 0.238 e. The zero-order valence-corrected chi connectivity index (χ0v) is 16.6. The van der Waals surface area contributed by atoms with Crippen molar-refractivity contribution in [3.8, 4) is 0 Å². The largest absolute Gasteiger partial charge is 0.342 e. The van der Waals surface area contributed by atoms with Gasteiger partial charge < -0.3 is 10.2 Å². The van der Waals surface area contributed by atoms with E-state index >= 15 is 0 Å². The zero-order chi connectivity index (χ0) is 19.1. The minimum absolute atomic E-state index is 0.0283. The van der Waals surface area contributed by atoms with Crippen LogP contribution in [0, 0.1) is 5.92 Å². The van der Waals surface area contributed by atoms with Crippen LogP contribution in [0.5, 0.6) is 0 Å². The molecule has 2 amide bonds. The molecule has 2 heterocycles. The van der Waals surface area contributed by atoms with Gasteiger partial charge in [0.05, 0.1) is 6.54 Å². The topological polar surface area (TPSA) is 52.7 Å². The van der Waals surface area contributed by atoms with Gasteiger partial charge in [-0.2, -0.15) is 0 Å². The van der Waals surface area contributed by atoms with Crippen LogP contribution in [-0.4, -0.2) is 54.3 Å². The Kier molecular flexibility index (Phi) is 7.27. The van der Waals surface area contributed by atoms with Crippen molar-refractivity contribution in [1.29, 1.82) is 0 Å². The molecule has 0 unspecified atom stereocenters. The number of hydrogen-bond acceptors (Lipinski definition) is 3. The van der Waals surface area contributed by atoms with Crippen molar-refractivity contribution in [2.75, 3.05) is 38.0 Å². The first-order chi connectivity index (χ1) is 13.2. The number of anilines is 1. The molecular weight excluding hydrogens is 338 g/mol. The molecule has 1 N–H and O–H groups in total. The van der Waals surface area contributed by atoms with Crippen LogP contribution in [0.15, 0.2) is 24.3 Å². The van der Waals surface area contributed by atoms with Crippen molar-refractivity contribution < 1.29 is 9.59 Å². The zero-order valence-electron chi connectivity index (χ0n) is 16.6. The summed E-state index contributed by atoms with van der Waals surface area (Å²) in [5.74, 6) is 0.515. The van der Waals surface area contributed by atoms with Gasteiger partial charge in [-0.3, -0.25) is 14.5 Å². The Morgan fingerprint density at radius 1 is 1.04 bits per heavy atom. The van der Waals surface area contributed by atoms with E-state index in [-0.39, 0.29) is 11.8 Å². The molecule has 1 aromatic carbocycles. The fourth-order valence-corrected chi connectivity index (χ4v) is 4.16. The molecule has 5 heteroatoms. The molecule has 0 bridgehead atoms. The van der Waals surface area contributed by atoms with Gasteiger partial charge in [-0.15, -0.1) is 0 Å². The fraction of sp³-hybridized carbons (Fsp3) is 0.636. The number of aryl methyl sites for hydroxylation is 1. The molecule has 2 fully saturated rings. The third kappa shape index (κ3) is 5.80. The molecule has 148 valence electrons. The van der Waals surface area contributed by atoms with Crippen LogP contribution in [0.1, 0.15) is 51.0 Å². The summed E-state index contributed by atoms with van der Waals surface area (Å²) in [7, 11) is 0. The highest BCUT2D eigenvalue weighted by atomic mass is 16.2. The molecule has 0 radical (unpaired) electrons. The minimum atomic E-state index is 0.0283. The normalized spacial score (nSPS) is 19.5. The average Bonchev–Trinajstić information content (AvgIpc) is 2.97. The van der Waals surface area contributed by atoms with E-state index in [2.05, 4.69) is 28.1 Å². The number of carbonyl (C=O) groups excluding carboxylic acids is 2. The molecule has 3 rings (SSSR count). The van der Waals surface area contributed by atoms with E-state index in [0.29, 0.717) is 12.5 Å². The quantitative estimate of drug-likeness (QED) is 0.864. The third-order valence-corrected chi connectivity index (χ3v) is 5.84. The SMILES string of the molecule is CCc1cccc(NC(=O)CN2CCC(C(=O)N3CCCCCC3)CC2)c1. The number of piperidine rings is 1. The van der Waals surface area contributed by atoms with Gasteiger partial charge >= 0.3 is 0 Å². The number of likely N-dealkylation sites (tertiary alicyclic amines) is 2. The van der Waals surface area contributed by atoms with Gasteiger partial charge in [0.2, 0.25) is 11.8 Å². The average molecular weight is 372 g/mol. The van der Waals surface area contributed by atoms with E-state index in [4.69, 9.17) is 0 Å². The summed E-state index contributed by atoms with van der Waals surface area (Å²) in [6.07, 6.45) is 7.48. The molecule has 1 aromatic rings. The highest BCUT2D eigenvalue weighted by molar-refractivity contribution is 5.92. The fourth-order valence-electron chi connectivity index (χ4n) is 4.16. The van der Waals surface area contributed by atoms with Gasteiger partial charge in [-0.1, -0.05) is 31.9 Å². The number of rotatable bonds is 5. The maximum Gasteiger partial charge on any atom is 0.238 e. The highest BCUT2D eigenvalue weighted by Gasteiger charge is 2.29. The summed E-state index contributed by atoms with van der Waals surface area (Å²) in [5, 5.41) is 3.00. The van der Waals surface area contributed by atoms with Gasteiger partial charge in [0, 0.05) is 24.7 Å². The summed E-state index contributed by atoms with van der Waals surface area (Å²) in [4.78, 5) is 29.4. The van der Waals surface area contributed by atoms with Crippen LogP contribution in [0.3, 0.4) is 0 Å². The van der Waals surface area contributed by atoms with E-state index in [0.717, 1.165) is 64.0 Å². The van der Waals surface area contributed by atoms with Crippen LogP contribution >= 0.6 is 0 Å². The monoisotopic (exact) mass is 371 g/mol. The molecule has 2 aliphatic rings. The van der Waals surface area contributed by atoms with Gasteiger partial charge in [0.15, 0.2) is 0 Å². The molecule has 0 atom stereocenters. The summed E-state index contributed by atoms with van der Waals surface area (Å²) < 4.78 is 0. The number of hydrogen-bond donors (Lipinski definition) is 1. The summed E-state index contributed by atoms with van der Waals surface area (Å²) >= 11 is 0. The first-order valence-electron chi connectivity index (χ1n) is 10.6. The van der Waals surface area contributed by atoms with E-state index in [1.165, 1.54) is 18.4 Å². The number of benzene rings is 1. The van der Waals surface area contributed by atoms with E-state index in [9.17, 15) is 9.59 Å². The Hall–Kier alpha value is -1.88. The lowest BCUT2D eigenvalue weighted by Crippen LogP contribution is -2.44. The molecular formula is C22H33N3O2. The Balaban J connectivity index is 1.43. The first-order valence-corrected chi connectivity index (χ1v) is 10.6. The lowest BCUT2D eigenvalue weighted by atomic mass is 9.95. The van der Waals surface area contributed by atoms with Crippen LogP contribution in [0.4, 0.5) is 5.69 Å². The molecule has 0 aliphatic carbocycles. The van der Waals surface area contributed by atoms with E-state index < -0.39 is 0 Å². The molecule has 2 saturated heterocycles. The highest BCUT2D eigenvalue weighted by Crippen LogP contribution is 2.22. The molecule has 5 nitrogen and oxygen atoms in total. The van der Waals surface area contributed by atoms with Crippen molar-refractivity contribution in [1.82, 2.24) is 9.80 Å². The van der Waals surface area contributed by atoms with Crippen molar-refractivity contribution in [2.24, 2.45) is 5.92 Å². The molecule has 27 heavy (non-hydrogen) atoms. The van der Waals surface area contributed by atoms with Gasteiger partial charge in [0.25, 0.3) is 0 Å². The van der Waals surface area contributed by atoms with Gasteiger partial charge in [0.1, 0.15) is 0 Å². The molecule has 0 aromatic heterocycles. The Morgan fingerprint density at radius 2 is 1.74 bits per heavy atom. The van der Waals surface area contributed by atoms with Gasteiger partial charge in [-0.25, -0.2) is 0 Å². The van der Waals surface area contributed by atoms with Gasteiger partial charge in [-0.05, 0) is 62.9 Å². The number of amides is 2. The standard InChI is InChI=1S/C22H33N3O2/c1-2-18-8-7-9-20(16-18)23-21(26)17-24-14-10-19(11-15-24)22(27)25-12-5-3-4-6-13-25/h7-9,16,19H,2-6,10-15,17H2,1H3,(H,23,26). The van der Waals surface area contributed by atoms with Crippen LogP contribution in [0.25, 0.3) is 0 Å². The first kappa shape index (κ1) is 19.9. The number of carbonyl (C=O) groups is 2. The minimum Gasteiger partial charge on any atom is -0.342 e. The second-order valence-electron chi connectivity index (χ2n) is 7.89. The summed E-state index contributed by atoms with van der Waals surface area (Å²) in [6, 6.07) is 8.02. The predicted octanol–water partition coefficient (Wildman–Crippen LogP) is 3.30. The maximum absolute atomic E-state index is 12.8. The van der Waals surface area contributed by atoms with Crippen molar-refractivity contribution in [3.05, 3.63) is 29.8 Å². The lowest BCUT2D eigenvalue weighted by molar-refractivity contribution is -0.137. The summed E-state index contributed by atoms with van der Waals surface area (Å²) in [5.41, 5.74) is 2.09. The second-order valence-corrected chi connectivity index (χ2v) is 7.89. The Bertz CT molecular complexity index is 630. The summed E-state index contributed by atoms with van der Waals surface area (Å²) in [6.45, 7) is 6.02. The number of nitrogens with one attached hydrogen (secondary N) is 1. The molecule has 0 saturated carbocycles. The van der Waals surface area contributed by atoms with E-state index in [1.54, 1.807) is 0 Å². The van der Waals surface area contributed by atoms with Crippen LogP contribution in [-0.2, 0) is 16.0 Å². The van der Waals surface area contributed by atoms with Crippen molar-refractivity contribution >= 4 is 17.5 Å². The predicted molar refractivity (Wildman–Crippen MR) is 109 cm³/mol. The maximum atomic E-state index is 12.8. The Labute approximate surface area is 163 Å². The van der Waals surface area contributed by atoms with Crippen molar-refractivity contribution in [3.63, 3.8) is 0 Å². The van der Waals surface area contributed by atoms with Crippen LogP contribution in [0.2, 0.25) is 0 Å². The molecule has 0 spiro atoms. The lowest BCUT2D eigenvalue weighted by Gasteiger charge is -2.33. The van der Waals surface area contributed by atoms with Crippen molar-refractivity contribution in [2.45, 2.75) is 51.9 Å². The molecule has 2 aliphatic heterocycles. The second kappa shape index (κ2) is 9.88.